The summed E-state index contributed by atoms with van der Waals surface area (Å²) < 4.78 is 0. The van der Waals surface area contributed by atoms with Crippen LogP contribution in [0.5, 0.6) is 0 Å². The number of amides is 2. The van der Waals surface area contributed by atoms with E-state index in [0.29, 0.717) is 29.1 Å². The Morgan fingerprint density at radius 3 is 2.50 bits per heavy atom. The van der Waals surface area contributed by atoms with Gasteiger partial charge in [-0.1, -0.05) is 42.5 Å². The number of aromatic amines is 1. The normalized spacial score (nSPS) is 10.7. The Bertz CT molecular complexity index is 1170. The van der Waals surface area contributed by atoms with E-state index in [-0.39, 0.29) is 18.2 Å². The first-order chi connectivity index (χ1) is 14.6. The number of nitrogens with one attached hydrogen (secondary N) is 2. The maximum absolute atomic E-state index is 12.5. The summed E-state index contributed by atoms with van der Waals surface area (Å²) in [6, 6.07) is 16.3. The van der Waals surface area contributed by atoms with Crippen molar-refractivity contribution < 1.29 is 9.59 Å². The summed E-state index contributed by atoms with van der Waals surface area (Å²) in [5, 5.41) is 3.93. The molecule has 0 aliphatic rings. The van der Waals surface area contributed by atoms with Crippen LogP contribution in [-0.2, 0) is 17.8 Å². The Hall–Kier alpha value is -4.11. The van der Waals surface area contributed by atoms with E-state index in [9.17, 15) is 9.59 Å². The Balaban J connectivity index is 1.38. The average Bonchev–Trinajstić information content (AvgIpc) is 3.25. The number of carbonyl (C=O) groups is 2. The van der Waals surface area contributed by atoms with E-state index in [2.05, 4.69) is 25.3 Å². The minimum atomic E-state index is -0.327. The van der Waals surface area contributed by atoms with E-state index >= 15 is 0 Å². The molecule has 0 bridgehead atoms. The molecule has 150 valence electrons. The summed E-state index contributed by atoms with van der Waals surface area (Å²) >= 11 is 0. The summed E-state index contributed by atoms with van der Waals surface area (Å²) in [6.45, 7) is 0.334. The van der Waals surface area contributed by atoms with Crippen LogP contribution in [0.15, 0.2) is 67.3 Å². The van der Waals surface area contributed by atoms with Gasteiger partial charge in [0.1, 0.15) is 11.8 Å². The molecule has 2 amide bonds. The van der Waals surface area contributed by atoms with Crippen LogP contribution < -0.4 is 11.2 Å². The van der Waals surface area contributed by atoms with Crippen LogP contribution in [0.1, 0.15) is 21.5 Å². The first-order valence-electron chi connectivity index (χ1n) is 9.23. The van der Waals surface area contributed by atoms with Crippen LogP contribution in [0.4, 0.5) is 5.82 Å². The zero-order valence-corrected chi connectivity index (χ0v) is 15.9. The van der Waals surface area contributed by atoms with E-state index in [0.717, 1.165) is 11.1 Å². The Morgan fingerprint density at radius 2 is 1.73 bits per heavy atom. The van der Waals surface area contributed by atoms with E-state index in [4.69, 9.17) is 5.84 Å². The molecule has 0 aliphatic carbocycles. The highest BCUT2D eigenvalue weighted by Gasteiger charge is 2.14. The van der Waals surface area contributed by atoms with Crippen molar-refractivity contribution in [3.8, 4) is 0 Å². The summed E-state index contributed by atoms with van der Waals surface area (Å²) in [7, 11) is 0. The highest BCUT2D eigenvalue weighted by molar-refractivity contribution is 6.06. The molecule has 2 aromatic heterocycles. The van der Waals surface area contributed by atoms with Crippen LogP contribution in [0.2, 0.25) is 0 Å². The van der Waals surface area contributed by atoms with Gasteiger partial charge < -0.3 is 10.3 Å². The first kappa shape index (κ1) is 19.2. The fraction of sp³-hybridized carbons (Fsp3) is 0.0952. The second-order valence-electron chi connectivity index (χ2n) is 6.66. The largest absolute Gasteiger partial charge is 0.340 e. The number of benzene rings is 2. The molecule has 9 nitrogen and oxygen atoms in total. The number of nitrogens with zero attached hydrogens (tertiary/aromatic N) is 4. The number of hydrazine groups is 1. The monoisotopic (exact) mass is 401 g/mol. The number of imidazole rings is 1. The van der Waals surface area contributed by atoms with Gasteiger partial charge in [-0.05, 0) is 23.3 Å². The average molecular weight is 401 g/mol. The third-order valence-corrected chi connectivity index (χ3v) is 4.54. The van der Waals surface area contributed by atoms with Crippen molar-refractivity contribution in [1.82, 2.24) is 24.9 Å². The van der Waals surface area contributed by atoms with Gasteiger partial charge in [-0.15, -0.1) is 0 Å². The van der Waals surface area contributed by atoms with Crippen molar-refractivity contribution in [2.45, 2.75) is 13.0 Å². The van der Waals surface area contributed by atoms with Gasteiger partial charge in [0.2, 0.25) is 5.91 Å². The molecule has 0 saturated heterocycles. The third kappa shape index (κ3) is 4.31. The van der Waals surface area contributed by atoms with Crippen molar-refractivity contribution in [2.75, 3.05) is 5.32 Å². The molecule has 2 aromatic carbocycles. The van der Waals surface area contributed by atoms with Crippen LogP contribution >= 0.6 is 0 Å². The van der Waals surface area contributed by atoms with Gasteiger partial charge in [0, 0.05) is 5.56 Å². The maximum atomic E-state index is 12.5. The number of H-pyrrole nitrogens is 1. The van der Waals surface area contributed by atoms with Crippen LogP contribution in [-0.4, -0.2) is 36.8 Å². The molecule has 0 aliphatic heterocycles. The zero-order chi connectivity index (χ0) is 20.9. The van der Waals surface area contributed by atoms with E-state index < -0.39 is 0 Å². The molecule has 0 atom stereocenters. The molecular weight excluding hydrogens is 382 g/mol. The van der Waals surface area contributed by atoms with Crippen molar-refractivity contribution in [2.24, 2.45) is 5.84 Å². The third-order valence-electron chi connectivity index (χ3n) is 4.54. The molecule has 0 fully saturated rings. The SMILES string of the molecule is NN(Cc1ccccc1)C(=O)Cc1ccc(C(=O)Nc2ncnc3nc[nH]c23)cc1. The molecule has 0 spiro atoms. The number of hydrogen-bond donors (Lipinski definition) is 3. The minimum absolute atomic E-state index is 0.145. The van der Waals surface area contributed by atoms with Crippen LogP contribution in [0, 0.1) is 0 Å². The van der Waals surface area contributed by atoms with Gasteiger partial charge in [0.15, 0.2) is 11.5 Å². The van der Waals surface area contributed by atoms with Gasteiger partial charge in [0.25, 0.3) is 5.91 Å². The lowest BCUT2D eigenvalue weighted by atomic mass is 10.1. The molecule has 0 unspecified atom stereocenters. The fourth-order valence-electron chi connectivity index (χ4n) is 2.96. The predicted octanol–water partition coefficient (Wildman–Crippen LogP) is 2.05. The summed E-state index contributed by atoms with van der Waals surface area (Å²) in [5.74, 6) is 5.71. The minimum Gasteiger partial charge on any atom is -0.340 e. The second kappa shape index (κ2) is 8.50. The Labute approximate surface area is 171 Å². The number of anilines is 1. The quantitative estimate of drug-likeness (QED) is 0.258. The molecular formula is C21H19N7O2. The lowest BCUT2D eigenvalue weighted by Gasteiger charge is -2.16. The maximum Gasteiger partial charge on any atom is 0.256 e. The highest BCUT2D eigenvalue weighted by atomic mass is 16.2. The number of rotatable bonds is 6. The number of nitrogens with two attached hydrogens (primary N) is 1. The van der Waals surface area contributed by atoms with Gasteiger partial charge in [-0.3, -0.25) is 14.6 Å². The molecule has 0 radical (unpaired) electrons. The van der Waals surface area contributed by atoms with Crippen LogP contribution in [0.3, 0.4) is 0 Å². The first-order valence-corrected chi connectivity index (χ1v) is 9.23. The Kier molecular flexibility index (Phi) is 5.44. The van der Waals surface area contributed by atoms with Gasteiger partial charge in [-0.25, -0.2) is 20.8 Å². The predicted molar refractivity (Wildman–Crippen MR) is 111 cm³/mol. The lowest BCUT2D eigenvalue weighted by molar-refractivity contribution is -0.131. The summed E-state index contributed by atoms with van der Waals surface area (Å²) in [4.78, 5) is 39.9. The van der Waals surface area contributed by atoms with Crippen molar-refractivity contribution in [1.29, 1.82) is 0 Å². The van der Waals surface area contributed by atoms with Crippen molar-refractivity contribution in [3.05, 3.63) is 83.9 Å². The second-order valence-corrected chi connectivity index (χ2v) is 6.66. The van der Waals surface area contributed by atoms with Crippen molar-refractivity contribution in [3.63, 3.8) is 0 Å². The fourth-order valence-corrected chi connectivity index (χ4v) is 2.96. The number of hydrogen-bond acceptors (Lipinski definition) is 6. The molecule has 30 heavy (non-hydrogen) atoms. The standard InChI is InChI=1S/C21H19N7O2/c22-28(11-15-4-2-1-3-5-15)17(29)10-14-6-8-16(9-7-14)21(30)27-20-18-19(24-12-23-18)25-13-26-20/h1-9,12-13H,10-11,22H2,(H2,23,24,25,26,27,30). The molecule has 2 heterocycles. The van der Waals surface area contributed by atoms with E-state index in [1.54, 1.807) is 24.3 Å². The molecule has 9 heteroatoms. The zero-order valence-electron chi connectivity index (χ0n) is 15.9. The van der Waals surface area contributed by atoms with Gasteiger partial charge >= 0.3 is 0 Å². The van der Waals surface area contributed by atoms with Gasteiger partial charge in [-0.2, -0.15) is 0 Å². The molecule has 0 saturated carbocycles. The van der Waals surface area contributed by atoms with Gasteiger partial charge in [0.05, 0.1) is 19.3 Å². The molecule has 4 N–H and O–H groups in total. The number of aromatic nitrogens is 4. The smallest absolute Gasteiger partial charge is 0.256 e. The number of fused-ring (bicyclic) bond motifs is 1. The lowest BCUT2D eigenvalue weighted by Crippen LogP contribution is -2.37. The number of carbonyl (C=O) groups excluding carboxylic acids is 2. The molecule has 4 aromatic rings. The Morgan fingerprint density at radius 1 is 0.967 bits per heavy atom. The molecule has 4 rings (SSSR count). The summed E-state index contributed by atoms with van der Waals surface area (Å²) in [6.07, 6.45) is 2.97. The van der Waals surface area contributed by atoms with Crippen molar-refractivity contribution >= 4 is 28.8 Å². The van der Waals surface area contributed by atoms with E-state index in [1.165, 1.54) is 17.7 Å². The summed E-state index contributed by atoms with van der Waals surface area (Å²) in [5.41, 5.74) is 3.17. The van der Waals surface area contributed by atoms with Crippen LogP contribution in [0.25, 0.3) is 11.2 Å². The van der Waals surface area contributed by atoms with E-state index in [1.807, 2.05) is 30.3 Å². The topological polar surface area (TPSA) is 130 Å². The highest BCUT2D eigenvalue weighted by Crippen LogP contribution is 2.16.